The van der Waals surface area contributed by atoms with E-state index >= 15 is 0 Å². The number of carbonyl (C=O) groups excluding carboxylic acids is 1. The summed E-state index contributed by atoms with van der Waals surface area (Å²) in [6, 6.07) is 7.28. The zero-order chi connectivity index (χ0) is 15.5. The summed E-state index contributed by atoms with van der Waals surface area (Å²) >= 11 is 11.0. The molecule has 2 heterocycles. The van der Waals surface area contributed by atoms with Crippen molar-refractivity contribution in [2.24, 2.45) is 0 Å². The number of thiophene rings is 1. The van der Waals surface area contributed by atoms with Crippen LogP contribution in [0.3, 0.4) is 0 Å². The molecule has 0 saturated heterocycles. The Morgan fingerprint density at radius 3 is 2.91 bits per heavy atom. The van der Waals surface area contributed by atoms with E-state index in [2.05, 4.69) is 21.2 Å². The number of nitrogens with one attached hydrogen (secondary N) is 1. The van der Waals surface area contributed by atoms with E-state index in [1.54, 1.807) is 12.1 Å². The minimum Gasteiger partial charge on any atom is -0.489 e. The lowest BCUT2D eigenvalue weighted by molar-refractivity contribution is 0.0955. The molecule has 0 aliphatic carbocycles. The first-order chi connectivity index (χ1) is 10.6. The smallest absolute Gasteiger partial charge is 0.261 e. The SMILES string of the molecule is O=C(NCc1cc(Cl)c2c(c1)OCCCO2)c1ccc(Br)s1. The van der Waals surface area contributed by atoms with E-state index in [-0.39, 0.29) is 5.91 Å². The van der Waals surface area contributed by atoms with Crippen molar-refractivity contribution in [1.29, 1.82) is 0 Å². The Kier molecular flexibility index (Phi) is 4.90. The first-order valence-electron chi connectivity index (χ1n) is 6.75. The van der Waals surface area contributed by atoms with Crippen molar-refractivity contribution in [3.63, 3.8) is 0 Å². The molecule has 2 aromatic rings. The van der Waals surface area contributed by atoms with Crippen molar-refractivity contribution in [3.8, 4) is 11.5 Å². The van der Waals surface area contributed by atoms with Gasteiger partial charge in [-0.05, 0) is 45.8 Å². The van der Waals surface area contributed by atoms with Gasteiger partial charge in [0.05, 0.1) is 26.9 Å². The molecule has 0 saturated carbocycles. The molecule has 0 bridgehead atoms. The summed E-state index contributed by atoms with van der Waals surface area (Å²) in [5, 5.41) is 3.38. The summed E-state index contributed by atoms with van der Waals surface area (Å²) in [6.45, 7) is 1.57. The molecule has 22 heavy (non-hydrogen) atoms. The van der Waals surface area contributed by atoms with Gasteiger partial charge in [-0.1, -0.05) is 11.6 Å². The standard InChI is InChI=1S/C15H13BrClNO3S/c16-13-3-2-12(22-13)15(19)18-8-9-6-10(17)14-11(7-9)20-4-1-5-21-14/h2-3,6-7H,1,4-5,8H2,(H,18,19). The van der Waals surface area contributed by atoms with Crippen LogP contribution in [0.5, 0.6) is 11.5 Å². The maximum absolute atomic E-state index is 12.0. The summed E-state index contributed by atoms with van der Waals surface area (Å²) in [6.07, 6.45) is 0.824. The van der Waals surface area contributed by atoms with E-state index in [0.29, 0.717) is 41.2 Å². The van der Waals surface area contributed by atoms with Gasteiger partial charge < -0.3 is 14.8 Å². The molecule has 0 unspecified atom stereocenters. The molecule has 0 atom stereocenters. The Labute approximate surface area is 145 Å². The third-order valence-corrected chi connectivity index (χ3v) is 5.02. The summed E-state index contributed by atoms with van der Waals surface area (Å²) in [5.41, 5.74) is 0.873. The highest BCUT2D eigenvalue weighted by molar-refractivity contribution is 9.11. The monoisotopic (exact) mass is 401 g/mol. The Morgan fingerprint density at radius 1 is 1.32 bits per heavy atom. The van der Waals surface area contributed by atoms with Gasteiger partial charge in [0, 0.05) is 13.0 Å². The molecule has 4 nitrogen and oxygen atoms in total. The number of amides is 1. The van der Waals surface area contributed by atoms with E-state index in [1.165, 1.54) is 11.3 Å². The summed E-state index contributed by atoms with van der Waals surface area (Å²) in [4.78, 5) is 12.7. The van der Waals surface area contributed by atoms with Crippen molar-refractivity contribution in [2.45, 2.75) is 13.0 Å². The van der Waals surface area contributed by atoms with Crippen LogP contribution in [0.15, 0.2) is 28.1 Å². The molecule has 0 spiro atoms. The summed E-state index contributed by atoms with van der Waals surface area (Å²) in [7, 11) is 0. The first-order valence-corrected chi connectivity index (χ1v) is 8.74. The van der Waals surface area contributed by atoms with Crippen LogP contribution in [0.4, 0.5) is 0 Å². The van der Waals surface area contributed by atoms with Gasteiger partial charge in [0.2, 0.25) is 0 Å². The van der Waals surface area contributed by atoms with Crippen molar-refractivity contribution >= 4 is 44.8 Å². The average molecular weight is 403 g/mol. The molecular formula is C15H13BrClNO3S. The fourth-order valence-corrected chi connectivity index (χ4v) is 3.68. The fourth-order valence-electron chi connectivity index (χ4n) is 2.09. The van der Waals surface area contributed by atoms with Crippen LogP contribution < -0.4 is 14.8 Å². The van der Waals surface area contributed by atoms with E-state index in [1.807, 2.05) is 12.1 Å². The zero-order valence-electron chi connectivity index (χ0n) is 11.5. The molecule has 1 N–H and O–H groups in total. The number of ether oxygens (including phenoxy) is 2. The minimum atomic E-state index is -0.112. The van der Waals surface area contributed by atoms with Crippen molar-refractivity contribution in [3.05, 3.63) is 43.5 Å². The van der Waals surface area contributed by atoms with Crippen molar-refractivity contribution in [2.75, 3.05) is 13.2 Å². The molecule has 3 rings (SSSR count). The lowest BCUT2D eigenvalue weighted by Crippen LogP contribution is -2.21. The average Bonchev–Trinajstić information content (AvgIpc) is 2.79. The summed E-state index contributed by atoms with van der Waals surface area (Å²) < 4.78 is 12.1. The third-order valence-electron chi connectivity index (χ3n) is 3.11. The number of hydrogen-bond acceptors (Lipinski definition) is 4. The van der Waals surface area contributed by atoms with Gasteiger partial charge in [-0.3, -0.25) is 4.79 Å². The van der Waals surface area contributed by atoms with Gasteiger partial charge in [-0.2, -0.15) is 0 Å². The van der Waals surface area contributed by atoms with Crippen LogP contribution in [-0.4, -0.2) is 19.1 Å². The maximum atomic E-state index is 12.0. The second-order valence-corrected chi connectivity index (χ2v) is 7.61. The van der Waals surface area contributed by atoms with Gasteiger partial charge in [-0.25, -0.2) is 0 Å². The molecule has 1 amide bonds. The maximum Gasteiger partial charge on any atom is 0.261 e. The molecule has 1 aromatic carbocycles. The van der Waals surface area contributed by atoms with Crippen LogP contribution in [-0.2, 0) is 6.54 Å². The predicted molar refractivity (Wildman–Crippen MR) is 90.2 cm³/mol. The molecule has 0 radical (unpaired) electrons. The molecule has 1 aliphatic heterocycles. The lowest BCUT2D eigenvalue weighted by atomic mass is 10.2. The Balaban J connectivity index is 1.71. The molecule has 1 aromatic heterocycles. The number of rotatable bonds is 3. The molecule has 1 aliphatic rings. The number of benzene rings is 1. The van der Waals surface area contributed by atoms with E-state index < -0.39 is 0 Å². The first kappa shape index (κ1) is 15.6. The van der Waals surface area contributed by atoms with Gasteiger partial charge in [0.15, 0.2) is 11.5 Å². The van der Waals surface area contributed by atoms with E-state index in [4.69, 9.17) is 21.1 Å². The van der Waals surface area contributed by atoms with Crippen LogP contribution >= 0.6 is 38.9 Å². The molecular weight excluding hydrogens is 390 g/mol. The van der Waals surface area contributed by atoms with Crippen molar-refractivity contribution < 1.29 is 14.3 Å². The highest BCUT2D eigenvalue weighted by Gasteiger charge is 2.16. The van der Waals surface area contributed by atoms with Gasteiger partial charge in [0.1, 0.15) is 0 Å². The normalized spacial score (nSPS) is 13.5. The fraction of sp³-hybridized carbons (Fsp3) is 0.267. The molecule has 7 heteroatoms. The predicted octanol–water partition coefficient (Wildman–Crippen LogP) is 4.26. The topological polar surface area (TPSA) is 47.6 Å². The van der Waals surface area contributed by atoms with Gasteiger partial charge in [-0.15, -0.1) is 11.3 Å². The van der Waals surface area contributed by atoms with Crippen LogP contribution in [0, 0.1) is 0 Å². The highest BCUT2D eigenvalue weighted by Crippen LogP contribution is 2.38. The second kappa shape index (κ2) is 6.89. The van der Waals surface area contributed by atoms with Gasteiger partial charge >= 0.3 is 0 Å². The van der Waals surface area contributed by atoms with Crippen molar-refractivity contribution in [1.82, 2.24) is 5.32 Å². The number of fused-ring (bicyclic) bond motifs is 1. The van der Waals surface area contributed by atoms with Gasteiger partial charge in [0.25, 0.3) is 5.91 Å². The summed E-state index contributed by atoms with van der Waals surface area (Å²) in [5.74, 6) is 1.10. The van der Waals surface area contributed by atoms with Crippen LogP contribution in [0.2, 0.25) is 5.02 Å². The second-order valence-electron chi connectivity index (χ2n) is 4.74. The number of carbonyl (C=O) groups is 1. The largest absolute Gasteiger partial charge is 0.489 e. The van der Waals surface area contributed by atoms with E-state index in [9.17, 15) is 4.79 Å². The quantitative estimate of drug-likeness (QED) is 0.834. The number of hydrogen-bond donors (Lipinski definition) is 1. The number of halogens is 2. The zero-order valence-corrected chi connectivity index (χ0v) is 14.7. The highest BCUT2D eigenvalue weighted by atomic mass is 79.9. The Bertz CT molecular complexity index is 704. The Morgan fingerprint density at radius 2 is 2.14 bits per heavy atom. The third kappa shape index (κ3) is 3.56. The Hall–Kier alpha value is -1.24. The van der Waals surface area contributed by atoms with Crippen LogP contribution in [0.1, 0.15) is 21.7 Å². The molecule has 116 valence electrons. The molecule has 0 fully saturated rings. The minimum absolute atomic E-state index is 0.112. The van der Waals surface area contributed by atoms with Crippen LogP contribution in [0.25, 0.3) is 0 Å². The van der Waals surface area contributed by atoms with E-state index in [0.717, 1.165) is 15.8 Å². The lowest BCUT2D eigenvalue weighted by Gasteiger charge is -2.12.